The molecule has 11 nitrogen and oxygen atoms in total. The van der Waals surface area contributed by atoms with Crippen LogP contribution < -0.4 is 4.90 Å². The summed E-state index contributed by atoms with van der Waals surface area (Å²) in [7, 11) is 2.46. The summed E-state index contributed by atoms with van der Waals surface area (Å²) in [6.45, 7) is 6.59. The van der Waals surface area contributed by atoms with E-state index in [1.165, 1.54) is 32.4 Å². The summed E-state index contributed by atoms with van der Waals surface area (Å²) in [5, 5.41) is 23.7. The molecule has 0 saturated carbocycles. The highest BCUT2D eigenvalue weighted by Gasteiger charge is 2.41. The van der Waals surface area contributed by atoms with Crippen molar-refractivity contribution in [2.24, 2.45) is 0 Å². The van der Waals surface area contributed by atoms with Crippen molar-refractivity contribution in [3.05, 3.63) is 90.7 Å². The van der Waals surface area contributed by atoms with Gasteiger partial charge in [0, 0.05) is 62.8 Å². The summed E-state index contributed by atoms with van der Waals surface area (Å²) < 4.78 is 10.2. The van der Waals surface area contributed by atoms with Crippen molar-refractivity contribution in [2.45, 2.75) is 25.9 Å². The summed E-state index contributed by atoms with van der Waals surface area (Å²) in [5.74, 6) is -2.36. The van der Waals surface area contributed by atoms with E-state index in [9.17, 15) is 24.8 Å². The van der Waals surface area contributed by atoms with Crippen molar-refractivity contribution in [1.82, 2.24) is 9.80 Å². The maximum atomic E-state index is 13.2. The monoisotopic (exact) mass is 632 g/mol. The van der Waals surface area contributed by atoms with Gasteiger partial charge >= 0.3 is 11.9 Å². The molecule has 0 aromatic heterocycles. The first-order chi connectivity index (χ1) is 20.5. The van der Waals surface area contributed by atoms with Gasteiger partial charge in [-0.2, -0.15) is 0 Å². The van der Waals surface area contributed by atoms with Gasteiger partial charge in [0.1, 0.15) is 0 Å². The third kappa shape index (κ3) is 6.80. The van der Waals surface area contributed by atoms with Crippen molar-refractivity contribution in [2.75, 3.05) is 58.4 Å². The predicted octanol–water partition coefficient (Wildman–Crippen LogP) is 4.38. The average Bonchev–Trinajstić information content (AvgIpc) is 3.00. The number of carbonyl (C=O) groups excluding carboxylic acids is 2. The van der Waals surface area contributed by atoms with Crippen LogP contribution in [0.15, 0.2) is 65.0 Å². The Kier molecular flexibility index (Phi) is 10.3. The molecule has 43 heavy (non-hydrogen) atoms. The number of aliphatic hydroxyl groups is 1. The zero-order valence-electron chi connectivity index (χ0n) is 24.4. The van der Waals surface area contributed by atoms with Crippen molar-refractivity contribution in [3.8, 4) is 0 Å². The molecule has 0 radical (unpaired) electrons. The highest BCUT2D eigenvalue weighted by molar-refractivity contribution is 6.43. The molecule has 2 aliphatic heterocycles. The minimum Gasteiger partial charge on any atom is -0.466 e. The Labute approximate surface area is 260 Å². The Morgan fingerprint density at radius 1 is 0.977 bits per heavy atom. The van der Waals surface area contributed by atoms with Crippen LogP contribution in [0.25, 0.3) is 0 Å². The van der Waals surface area contributed by atoms with E-state index >= 15 is 0 Å². The molecule has 13 heteroatoms. The van der Waals surface area contributed by atoms with Crippen LogP contribution in [0, 0.1) is 10.1 Å². The molecule has 2 aliphatic rings. The number of anilines is 1. The first-order valence-electron chi connectivity index (χ1n) is 13.7. The minimum atomic E-state index is -0.973. The quantitative estimate of drug-likeness (QED) is 0.242. The number of esters is 2. The first-order valence-corrected chi connectivity index (χ1v) is 14.4. The molecule has 1 N–H and O–H groups in total. The zero-order chi connectivity index (χ0) is 31.4. The Morgan fingerprint density at radius 3 is 2.12 bits per heavy atom. The van der Waals surface area contributed by atoms with Gasteiger partial charge in [-0.3, -0.25) is 15.0 Å². The van der Waals surface area contributed by atoms with E-state index in [0.29, 0.717) is 59.7 Å². The molecular weight excluding hydrogens is 599 g/mol. The van der Waals surface area contributed by atoms with E-state index in [0.717, 1.165) is 5.69 Å². The number of hydrogen-bond donors (Lipinski definition) is 1. The number of aliphatic hydroxyl groups excluding tert-OH is 1. The number of carbonyl (C=O) groups is 2. The van der Waals surface area contributed by atoms with Gasteiger partial charge in [-0.15, -0.1) is 0 Å². The van der Waals surface area contributed by atoms with Crippen molar-refractivity contribution in [3.63, 3.8) is 0 Å². The number of β-amino-alcohol motifs (C(OH)–C–C–N with tert-alkyl or cyclic N) is 1. The fourth-order valence-electron chi connectivity index (χ4n) is 5.76. The fourth-order valence-corrected chi connectivity index (χ4v) is 6.17. The highest BCUT2D eigenvalue weighted by atomic mass is 35.5. The van der Waals surface area contributed by atoms with E-state index in [1.54, 1.807) is 30.9 Å². The van der Waals surface area contributed by atoms with Crippen LogP contribution in [0.4, 0.5) is 11.4 Å². The SMILES string of the molecule is COC(=O)C1=C(C)N(CC(O)CN2CCN(c3cccc(Cl)c3Cl)CC2)C(C)=C(C(=O)OC)C1c1cccc([N+](=O)[O-])c1. The van der Waals surface area contributed by atoms with Gasteiger partial charge in [-0.1, -0.05) is 41.4 Å². The highest BCUT2D eigenvalue weighted by Crippen LogP contribution is 2.43. The van der Waals surface area contributed by atoms with E-state index in [-0.39, 0.29) is 23.4 Å². The van der Waals surface area contributed by atoms with E-state index < -0.39 is 28.9 Å². The van der Waals surface area contributed by atoms with Gasteiger partial charge in [0.05, 0.1) is 58.0 Å². The number of benzene rings is 2. The largest absolute Gasteiger partial charge is 0.466 e. The summed E-state index contributed by atoms with van der Waals surface area (Å²) >= 11 is 12.6. The Bertz CT molecular complexity index is 1430. The number of ether oxygens (including phenoxy) is 2. The molecule has 0 aliphatic carbocycles. The molecule has 0 amide bonds. The van der Waals surface area contributed by atoms with Crippen LogP contribution in [-0.4, -0.2) is 91.4 Å². The molecule has 4 rings (SSSR count). The molecule has 1 unspecified atom stereocenters. The number of nitro benzene ring substituents is 1. The third-order valence-corrected chi connectivity index (χ3v) is 8.71. The Morgan fingerprint density at radius 2 is 1.56 bits per heavy atom. The van der Waals surface area contributed by atoms with Crippen molar-refractivity contribution in [1.29, 1.82) is 0 Å². The second kappa shape index (κ2) is 13.8. The molecule has 2 aromatic carbocycles. The molecule has 1 atom stereocenters. The minimum absolute atomic E-state index is 0.0840. The third-order valence-electron chi connectivity index (χ3n) is 7.90. The number of hydrogen-bond acceptors (Lipinski definition) is 10. The van der Waals surface area contributed by atoms with E-state index in [2.05, 4.69) is 9.80 Å². The maximum absolute atomic E-state index is 13.2. The lowest BCUT2D eigenvalue weighted by Crippen LogP contribution is -2.50. The average molecular weight is 634 g/mol. The van der Waals surface area contributed by atoms with E-state index in [1.807, 2.05) is 12.1 Å². The molecule has 1 fully saturated rings. The topological polar surface area (TPSA) is 126 Å². The molecule has 2 heterocycles. The number of non-ortho nitro benzene ring substituents is 1. The number of piperazine rings is 1. The number of halogens is 2. The maximum Gasteiger partial charge on any atom is 0.336 e. The Hall–Kier alpha value is -3.64. The first kappa shape index (κ1) is 32.3. The van der Waals surface area contributed by atoms with Gasteiger partial charge < -0.3 is 24.4 Å². The smallest absolute Gasteiger partial charge is 0.336 e. The van der Waals surface area contributed by atoms with Crippen LogP contribution in [0.3, 0.4) is 0 Å². The lowest BCUT2D eigenvalue weighted by atomic mass is 9.79. The van der Waals surface area contributed by atoms with Crippen LogP contribution in [0.1, 0.15) is 25.3 Å². The van der Waals surface area contributed by atoms with Crippen LogP contribution >= 0.6 is 23.2 Å². The zero-order valence-corrected chi connectivity index (χ0v) is 25.9. The summed E-state index contributed by atoms with van der Waals surface area (Å²) in [6, 6.07) is 11.3. The second-order valence-electron chi connectivity index (χ2n) is 10.4. The molecule has 2 aromatic rings. The predicted molar refractivity (Wildman–Crippen MR) is 163 cm³/mol. The molecule has 1 saturated heterocycles. The second-order valence-corrected chi connectivity index (χ2v) is 11.2. The Balaban J connectivity index is 1.58. The van der Waals surface area contributed by atoms with Gasteiger partial charge in [0.25, 0.3) is 5.69 Å². The van der Waals surface area contributed by atoms with Crippen LogP contribution in [0.2, 0.25) is 10.0 Å². The number of methoxy groups -OCH3 is 2. The lowest BCUT2D eigenvalue weighted by Gasteiger charge is -2.40. The number of rotatable bonds is 9. The summed E-state index contributed by atoms with van der Waals surface area (Å²) in [4.78, 5) is 43.3. The van der Waals surface area contributed by atoms with Crippen LogP contribution in [-0.2, 0) is 19.1 Å². The van der Waals surface area contributed by atoms with Crippen molar-refractivity contribution >= 4 is 46.5 Å². The van der Waals surface area contributed by atoms with Gasteiger partial charge in [0.2, 0.25) is 0 Å². The van der Waals surface area contributed by atoms with Gasteiger partial charge in [-0.05, 0) is 31.5 Å². The molecular formula is C30H34Cl2N4O7. The number of nitro groups is 1. The molecule has 0 bridgehead atoms. The van der Waals surface area contributed by atoms with Crippen molar-refractivity contribution < 1.29 is 29.1 Å². The van der Waals surface area contributed by atoms with Gasteiger partial charge in [0.15, 0.2) is 0 Å². The molecule has 230 valence electrons. The molecule has 0 spiro atoms. The summed E-state index contributed by atoms with van der Waals surface area (Å²) in [5.41, 5.74) is 2.25. The van der Waals surface area contributed by atoms with Gasteiger partial charge in [-0.25, -0.2) is 9.59 Å². The number of allylic oxidation sites excluding steroid dienone is 2. The normalized spacial score (nSPS) is 17.3. The lowest BCUT2D eigenvalue weighted by molar-refractivity contribution is -0.384. The van der Waals surface area contributed by atoms with Crippen LogP contribution in [0.5, 0.6) is 0 Å². The number of nitrogens with zero attached hydrogens (tertiary/aromatic N) is 4. The fraction of sp³-hybridized carbons (Fsp3) is 0.400. The van der Waals surface area contributed by atoms with E-state index in [4.69, 9.17) is 32.7 Å². The standard InChI is InChI=1S/C30H34Cl2N4O7/c1-18-25(29(38)42-3)27(20-7-5-8-21(15-20)36(40)41)26(30(39)43-4)19(2)35(18)17-22(37)16-33-11-13-34(14-12-33)24-10-6-9-23(31)28(24)32/h5-10,15,22,27,37H,11-14,16-17H2,1-4H3. The summed E-state index contributed by atoms with van der Waals surface area (Å²) in [6.07, 6.45) is -0.849.